The number of benzene rings is 1. The highest BCUT2D eigenvalue weighted by Crippen LogP contribution is 2.30. The van der Waals surface area contributed by atoms with Crippen LogP contribution >= 0.6 is 15.9 Å². The SMILES string of the molecule is CN1C2CC1CN(Cc1ccc(Br)cc1)C2. The Balaban J connectivity index is 1.62. The Morgan fingerprint density at radius 3 is 2.38 bits per heavy atom. The van der Waals surface area contributed by atoms with E-state index in [4.69, 9.17) is 0 Å². The van der Waals surface area contributed by atoms with Gasteiger partial charge in [0.1, 0.15) is 0 Å². The molecule has 0 N–H and O–H groups in total. The molecular formula is C13H17BrN2. The summed E-state index contributed by atoms with van der Waals surface area (Å²) in [6.07, 6.45) is 1.41. The number of nitrogens with zero attached hydrogens (tertiary/aromatic N) is 2. The van der Waals surface area contributed by atoms with Gasteiger partial charge in [-0.05, 0) is 31.2 Å². The minimum atomic E-state index is 0.814. The molecule has 0 amide bonds. The van der Waals surface area contributed by atoms with Crippen LogP contribution in [0.15, 0.2) is 28.7 Å². The number of hydrogen-bond acceptors (Lipinski definition) is 2. The Hall–Kier alpha value is -0.380. The molecule has 3 fully saturated rings. The normalized spacial score (nSPS) is 30.1. The maximum atomic E-state index is 3.47. The third-order valence-electron chi connectivity index (χ3n) is 3.95. The van der Waals surface area contributed by atoms with E-state index < -0.39 is 0 Å². The van der Waals surface area contributed by atoms with Crippen LogP contribution in [0.5, 0.6) is 0 Å². The highest BCUT2D eigenvalue weighted by atomic mass is 79.9. The summed E-state index contributed by atoms with van der Waals surface area (Å²) in [6, 6.07) is 10.3. The summed E-state index contributed by atoms with van der Waals surface area (Å²) in [7, 11) is 2.26. The lowest BCUT2D eigenvalue weighted by Gasteiger charge is -2.55. The fourth-order valence-corrected chi connectivity index (χ4v) is 3.13. The van der Waals surface area contributed by atoms with E-state index in [-0.39, 0.29) is 0 Å². The van der Waals surface area contributed by atoms with E-state index in [9.17, 15) is 0 Å². The van der Waals surface area contributed by atoms with Crippen LogP contribution in [0.1, 0.15) is 12.0 Å². The number of fused-ring (bicyclic) bond motifs is 2. The lowest BCUT2D eigenvalue weighted by atomic mass is 9.88. The number of piperidine rings is 1. The Kier molecular flexibility index (Phi) is 2.78. The monoisotopic (exact) mass is 280 g/mol. The molecular weight excluding hydrogens is 264 g/mol. The van der Waals surface area contributed by atoms with E-state index in [1.165, 1.54) is 25.1 Å². The van der Waals surface area contributed by atoms with Crippen LogP contribution in [0.4, 0.5) is 0 Å². The zero-order chi connectivity index (χ0) is 11.1. The molecule has 1 aromatic rings. The van der Waals surface area contributed by atoms with Gasteiger partial charge in [-0.2, -0.15) is 0 Å². The summed E-state index contributed by atoms with van der Waals surface area (Å²) in [6.45, 7) is 3.58. The van der Waals surface area contributed by atoms with E-state index in [0.29, 0.717) is 0 Å². The van der Waals surface area contributed by atoms with Crippen molar-refractivity contribution in [2.24, 2.45) is 0 Å². The predicted octanol–water partition coefficient (Wildman–Crippen LogP) is 2.34. The van der Waals surface area contributed by atoms with Gasteiger partial charge in [0.2, 0.25) is 0 Å². The molecule has 2 unspecified atom stereocenters. The van der Waals surface area contributed by atoms with Crippen LogP contribution in [-0.4, -0.2) is 42.0 Å². The van der Waals surface area contributed by atoms with Crippen molar-refractivity contribution in [3.05, 3.63) is 34.3 Å². The second-order valence-electron chi connectivity index (χ2n) is 5.03. The second-order valence-corrected chi connectivity index (χ2v) is 5.95. The molecule has 2 nitrogen and oxygen atoms in total. The van der Waals surface area contributed by atoms with Gasteiger partial charge in [0.25, 0.3) is 0 Å². The Bertz CT molecular complexity index is 364. The van der Waals surface area contributed by atoms with Crippen molar-refractivity contribution >= 4 is 15.9 Å². The third kappa shape index (κ3) is 1.92. The lowest BCUT2D eigenvalue weighted by Crippen LogP contribution is -2.66. The third-order valence-corrected chi connectivity index (χ3v) is 4.48. The molecule has 3 aliphatic heterocycles. The molecule has 16 heavy (non-hydrogen) atoms. The summed E-state index contributed by atoms with van der Waals surface area (Å²) in [5.41, 5.74) is 1.42. The molecule has 1 aromatic carbocycles. The molecule has 0 aromatic heterocycles. The fourth-order valence-electron chi connectivity index (χ4n) is 2.86. The minimum absolute atomic E-state index is 0.814. The minimum Gasteiger partial charge on any atom is -0.298 e. The largest absolute Gasteiger partial charge is 0.298 e. The van der Waals surface area contributed by atoms with Gasteiger partial charge in [-0.1, -0.05) is 28.1 Å². The molecule has 3 saturated heterocycles. The van der Waals surface area contributed by atoms with Gasteiger partial charge in [-0.25, -0.2) is 0 Å². The maximum Gasteiger partial charge on any atom is 0.0239 e. The van der Waals surface area contributed by atoms with E-state index in [1.807, 2.05) is 0 Å². The van der Waals surface area contributed by atoms with Crippen LogP contribution < -0.4 is 0 Å². The smallest absolute Gasteiger partial charge is 0.0239 e. The van der Waals surface area contributed by atoms with Crippen LogP contribution in [0, 0.1) is 0 Å². The van der Waals surface area contributed by atoms with Crippen molar-refractivity contribution in [2.45, 2.75) is 25.0 Å². The average Bonchev–Trinajstić information content (AvgIpc) is 2.32. The van der Waals surface area contributed by atoms with Crippen molar-refractivity contribution in [2.75, 3.05) is 20.1 Å². The molecule has 2 atom stereocenters. The molecule has 0 spiro atoms. The Morgan fingerprint density at radius 1 is 1.19 bits per heavy atom. The molecule has 86 valence electrons. The van der Waals surface area contributed by atoms with Gasteiger partial charge < -0.3 is 0 Å². The van der Waals surface area contributed by atoms with Gasteiger partial charge in [0, 0.05) is 36.2 Å². The first kappa shape index (κ1) is 10.8. The molecule has 0 aliphatic carbocycles. The van der Waals surface area contributed by atoms with Gasteiger partial charge in [-0.15, -0.1) is 0 Å². The van der Waals surface area contributed by atoms with Crippen molar-refractivity contribution in [3.63, 3.8) is 0 Å². The van der Waals surface area contributed by atoms with Gasteiger partial charge >= 0.3 is 0 Å². The van der Waals surface area contributed by atoms with Crippen LogP contribution in [0.2, 0.25) is 0 Å². The molecule has 3 heterocycles. The van der Waals surface area contributed by atoms with Crippen LogP contribution in [0.3, 0.4) is 0 Å². The summed E-state index contributed by atoms with van der Waals surface area (Å²) in [5, 5.41) is 0. The van der Waals surface area contributed by atoms with Crippen molar-refractivity contribution in [3.8, 4) is 0 Å². The van der Waals surface area contributed by atoms with Crippen molar-refractivity contribution in [1.29, 1.82) is 0 Å². The zero-order valence-corrected chi connectivity index (χ0v) is 11.2. The first-order chi connectivity index (χ1) is 7.72. The fraction of sp³-hybridized carbons (Fsp3) is 0.538. The highest BCUT2D eigenvalue weighted by Gasteiger charge is 2.41. The Morgan fingerprint density at radius 2 is 1.81 bits per heavy atom. The van der Waals surface area contributed by atoms with E-state index in [2.05, 4.69) is 57.0 Å². The van der Waals surface area contributed by atoms with Gasteiger partial charge in [-0.3, -0.25) is 9.80 Å². The maximum absolute atomic E-state index is 3.47. The summed E-state index contributed by atoms with van der Waals surface area (Å²) in [5.74, 6) is 0. The molecule has 0 radical (unpaired) electrons. The highest BCUT2D eigenvalue weighted by molar-refractivity contribution is 9.10. The van der Waals surface area contributed by atoms with Gasteiger partial charge in [0.05, 0.1) is 0 Å². The van der Waals surface area contributed by atoms with E-state index in [1.54, 1.807) is 0 Å². The average molecular weight is 281 g/mol. The number of halogens is 1. The van der Waals surface area contributed by atoms with Crippen molar-refractivity contribution < 1.29 is 0 Å². The first-order valence-corrected chi connectivity index (χ1v) is 6.70. The Labute approximate surface area is 105 Å². The van der Waals surface area contributed by atoms with E-state index in [0.717, 1.165) is 23.1 Å². The van der Waals surface area contributed by atoms with Crippen LogP contribution in [0.25, 0.3) is 0 Å². The first-order valence-electron chi connectivity index (χ1n) is 5.91. The lowest BCUT2D eigenvalue weighted by molar-refractivity contribution is -0.0532. The van der Waals surface area contributed by atoms with Gasteiger partial charge in [0.15, 0.2) is 0 Å². The molecule has 4 rings (SSSR count). The number of hydrogen-bond donors (Lipinski definition) is 0. The molecule has 3 heteroatoms. The van der Waals surface area contributed by atoms with E-state index >= 15 is 0 Å². The summed E-state index contributed by atoms with van der Waals surface area (Å²) >= 11 is 3.47. The molecule has 0 saturated carbocycles. The standard InChI is InChI=1S/C13H17BrN2/c1-15-12-6-13(15)9-16(8-12)7-10-2-4-11(14)5-3-10/h2-5,12-13H,6-9H2,1H3. The van der Waals surface area contributed by atoms with Crippen molar-refractivity contribution in [1.82, 2.24) is 9.80 Å². The molecule has 2 bridgehead atoms. The molecule has 3 aliphatic rings. The topological polar surface area (TPSA) is 6.48 Å². The number of likely N-dealkylation sites (N-methyl/N-ethyl adjacent to an activating group) is 1. The summed E-state index contributed by atoms with van der Waals surface area (Å²) in [4.78, 5) is 5.11. The second kappa shape index (κ2) is 4.13. The predicted molar refractivity (Wildman–Crippen MR) is 69.4 cm³/mol. The van der Waals surface area contributed by atoms with Crippen LogP contribution in [-0.2, 0) is 6.54 Å². The quantitative estimate of drug-likeness (QED) is 0.821. The number of rotatable bonds is 2. The number of piperazine rings is 1. The zero-order valence-electron chi connectivity index (χ0n) is 9.56. The summed E-state index contributed by atoms with van der Waals surface area (Å²) < 4.78 is 1.16.